The zero-order valence-corrected chi connectivity index (χ0v) is 26.9. The van der Waals surface area contributed by atoms with Gasteiger partial charge in [-0.25, -0.2) is 9.59 Å². The standard InChI is InChI=1S/C34H42N6O7/c1-32(2,40-16-21(22-7-5-6-8-27(22)40)13-25(36)28(41)38-33(3,4)30(43)44)14-19-9-10-26-23(11-19)20(15-37-26)12-24(35)29(42)39-34(31(45)46)17-47-18-34/h5-11,15-16,24-25,37H,12-14,17-18,35-36H2,1-4H3,(H,38,41)(H,39,42)(H,43,44)(H,45,46)/t24-,25?/m1/s1. The summed E-state index contributed by atoms with van der Waals surface area (Å²) in [6.45, 7) is 6.87. The van der Waals surface area contributed by atoms with E-state index >= 15 is 0 Å². The number of carbonyl (C=O) groups is 4. The van der Waals surface area contributed by atoms with Crippen molar-refractivity contribution in [1.82, 2.24) is 20.2 Å². The molecule has 0 spiro atoms. The predicted octanol–water partition coefficient (Wildman–Crippen LogP) is 1.79. The summed E-state index contributed by atoms with van der Waals surface area (Å²) in [6, 6.07) is 12.1. The lowest BCUT2D eigenvalue weighted by atomic mass is 9.92. The Hall–Kier alpha value is -4.72. The number of nitrogens with two attached hydrogens (primary N) is 2. The molecule has 47 heavy (non-hydrogen) atoms. The van der Waals surface area contributed by atoms with Gasteiger partial charge < -0.3 is 46.6 Å². The lowest BCUT2D eigenvalue weighted by Gasteiger charge is -2.38. The summed E-state index contributed by atoms with van der Waals surface area (Å²) in [6.07, 6.45) is 4.89. The highest BCUT2D eigenvalue weighted by molar-refractivity contribution is 5.92. The van der Waals surface area contributed by atoms with Crippen molar-refractivity contribution in [2.75, 3.05) is 13.2 Å². The SMILES string of the molecule is CC(C)(NC(=O)C(N)Cc1cn(C(C)(C)Cc2ccc3[nH]cc(C[C@@H](N)C(=O)NC4(C(=O)O)COC4)c3c2)c2ccccc12)C(=O)O. The Labute approximate surface area is 271 Å². The summed E-state index contributed by atoms with van der Waals surface area (Å²) in [5.41, 5.74) is 13.8. The smallest absolute Gasteiger partial charge is 0.334 e. The number of nitrogens with zero attached hydrogens (tertiary/aromatic N) is 1. The molecule has 3 heterocycles. The summed E-state index contributed by atoms with van der Waals surface area (Å²) in [7, 11) is 0. The van der Waals surface area contributed by atoms with Crippen molar-refractivity contribution in [2.24, 2.45) is 11.5 Å². The van der Waals surface area contributed by atoms with Crippen LogP contribution in [0.5, 0.6) is 0 Å². The van der Waals surface area contributed by atoms with Gasteiger partial charge >= 0.3 is 11.9 Å². The number of ether oxygens (including phenoxy) is 1. The van der Waals surface area contributed by atoms with E-state index in [2.05, 4.69) is 40.1 Å². The number of fused-ring (bicyclic) bond motifs is 2. The quantitative estimate of drug-likeness (QED) is 0.113. The van der Waals surface area contributed by atoms with Gasteiger partial charge in [-0.2, -0.15) is 0 Å². The molecule has 0 radical (unpaired) electrons. The Kier molecular flexibility index (Phi) is 8.93. The average molecular weight is 647 g/mol. The molecule has 1 saturated heterocycles. The summed E-state index contributed by atoms with van der Waals surface area (Å²) >= 11 is 0. The first-order valence-corrected chi connectivity index (χ1v) is 15.4. The molecule has 0 aliphatic carbocycles. The fourth-order valence-electron chi connectivity index (χ4n) is 6.00. The first kappa shape index (κ1) is 33.6. The number of rotatable bonds is 13. The Bertz CT molecular complexity index is 1850. The predicted molar refractivity (Wildman–Crippen MR) is 176 cm³/mol. The molecular formula is C34H42N6O7. The van der Waals surface area contributed by atoms with Gasteiger partial charge in [-0.05, 0) is 81.8 Å². The van der Waals surface area contributed by atoms with Crippen molar-refractivity contribution in [3.8, 4) is 0 Å². The molecule has 1 aliphatic rings. The van der Waals surface area contributed by atoms with E-state index in [1.165, 1.54) is 13.8 Å². The molecule has 1 unspecified atom stereocenters. The minimum Gasteiger partial charge on any atom is -0.480 e. The van der Waals surface area contributed by atoms with E-state index in [0.717, 1.165) is 38.5 Å². The third kappa shape index (κ3) is 6.73. The normalized spacial score (nSPS) is 16.0. The molecule has 1 aliphatic heterocycles. The van der Waals surface area contributed by atoms with Gasteiger partial charge in [0, 0.05) is 39.7 Å². The van der Waals surface area contributed by atoms with Crippen LogP contribution in [0.3, 0.4) is 0 Å². The second-order valence-electron chi connectivity index (χ2n) is 13.6. The maximum atomic E-state index is 12.8. The van der Waals surface area contributed by atoms with Crippen LogP contribution in [-0.2, 0) is 48.7 Å². The number of nitrogens with one attached hydrogen (secondary N) is 3. The summed E-state index contributed by atoms with van der Waals surface area (Å²) in [5.74, 6) is -3.40. The molecule has 0 saturated carbocycles. The van der Waals surface area contributed by atoms with Crippen molar-refractivity contribution >= 4 is 45.6 Å². The number of hydrogen-bond acceptors (Lipinski definition) is 7. The molecule has 250 valence electrons. The van der Waals surface area contributed by atoms with Crippen molar-refractivity contribution in [1.29, 1.82) is 0 Å². The zero-order chi connectivity index (χ0) is 34.3. The lowest BCUT2D eigenvalue weighted by Crippen LogP contribution is -2.69. The number of amides is 2. The molecule has 2 aromatic carbocycles. The van der Waals surface area contributed by atoms with Crippen LogP contribution in [0.4, 0.5) is 0 Å². The van der Waals surface area contributed by atoms with Gasteiger partial charge in [-0.15, -0.1) is 0 Å². The minimum atomic E-state index is -1.45. The summed E-state index contributed by atoms with van der Waals surface area (Å²) < 4.78 is 7.20. The monoisotopic (exact) mass is 646 g/mol. The van der Waals surface area contributed by atoms with Crippen molar-refractivity contribution in [3.63, 3.8) is 0 Å². The molecule has 1 fully saturated rings. The number of carboxylic acid groups (broad SMARTS) is 2. The summed E-state index contributed by atoms with van der Waals surface area (Å²) in [5, 5.41) is 25.8. The Morgan fingerprint density at radius 3 is 2.26 bits per heavy atom. The maximum absolute atomic E-state index is 12.8. The van der Waals surface area contributed by atoms with E-state index in [1.54, 1.807) is 0 Å². The van der Waals surface area contributed by atoms with Crippen LogP contribution in [0.1, 0.15) is 44.4 Å². The Morgan fingerprint density at radius 1 is 0.957 bits per heavy atom. The van der Waals surface area contributed by atoms with Crippen LogP contribution in [-0.4, -0.2) is 79.9 Å². The molecule has 13 heteroatoms. The van der Waals surface area contributed by atoms with E-state index in [9.17, 15) is 29.4 Å². The molecule has 0 bridgehead atoms. The van der Waals surface area contributed by atoms with E-state index in [-0.39, 0.29) is 26.1 Å². The highest BCUT2D eigenvalue weighted by Gasteiger charge is 2.48. The highest BCUT2D eigenvalue weighted by atomic mass is 16.5. The zero-order valence-electron chi connectivity index (χ0n) is 26.9. The number of aromatic amines is 1. The number of para-hydroxylation sites is 1. The van der Waals surface area contributed by atoms with Gasteiger partial charge in [0.25, 0.3) is 0 Å². The Balaban J connectivity index is 1.35. The molecular weight excluding hydrogens is 604 g/mol. The van der Waals surface area contributed by atoms with Crippen LogP contribution in [0.15, 0.2) is 54.9 Å². The molecule has 5 rings (SSSR count). The van der Waals surface area contributed by atoms with Gasteiger partial charge in [0.1, 0.15) is 5.54 Å². The van der Waals surface area contributed by atoms with Gasteiger partial charge in [-0.3, -0.25) is 9.59 Å². The van der Waals surface area contributed by atoms with Gasteiger partial charge in [-0.1, -0.05) is 24.3 Å². The first-order chi connectivity index (χ1) is 22.0. The number of benzene rings is 2. The second kappa shape index (κ2) is 12.5. The second-order valence-corrected chi connectivity index (χ2v) is 13.6. The van der Waals surface area contributed by atoms with E-state index in [4.69, 9.17) is 16.2 Å². The fourth-order valence-corrected chi connectivity index (χ4v) is 6.00. The number of hydrogen-bond donors (Lipinski definition) is 7. The highest BCUT2D eigenvalue weighted by Crippen LogP contribution is 2.32. The number of carbonyl (C=O) groups excluding carboxylic acids is 2. The number of carboxylic acids is 2. The van der Waals surface area contributed by atoms with E-state index in [1.807, 2.05) is 48.8 Å². The van der Waals surface area contributed by atoms with Crippen molar-refractivity contribution in [2.45, 2.75) is 75.7 Å². The molecule has 2 atom stereocenters. The molecule has 2 amide bonds. The average Bonchev–Trinajstić information content (AvgIpc) is 3.55. The molecule has 4 aromatic rings. The van der Waals surface area contributed by atoms with Crippen LogP contribution < -0.4 is 22.1 Å². The molecule has 9 N–H and O–H groups in total. The largest absolute Gasteiger partial charge is 0.480 e. The van der Waals surface area contributed by atoms with Crippen LogP contribution in [0.2, 0.25) is 0 Å². The minimum absolute atomic E-state index is 0.0987. The Morgan fingerprint density at radius 2 is 1.62 bits per heavy atom. The van der Waals surface area contributed by atoms with Gasteiger partial charge in [0.05, 0.1) is 25.3 Å². The van der Waals surface area contributed by atoms with Gasteiger partial charge in [0.15, 0.2) is 5.54 Å². The van der Waals surface area contributed by atoms with Crippen LogP contribution in [0, 0.1) is 0 Å². The summed E-state index contributed by atoms with van der Waals surface area (Å²) in [4.78, 5) is 52.0. The lowest BCUT2D eigenvalue weighted by molar-refractivity contribution is -0.169. The fraction of sp³-hybridized carbons (Fsp3) is 0.412. The van der Waals surface area contributed by atoms with E-state index < -0.39 is 52.5 Å². The number of aliphatic carboxylic acids is 2. The van der Waals surface area contributed by atoms with Crippen LogP contribution >= 0.6 is 0 Å². The molecule has 13 nitrogen and oxygen atoms in total. The van der Waals surface area contributed by atoms with Crippen LogP contribution in [0.25, 0.3) is 21.8 Å². The first-order valence-electron chi connectivity index (χ1n) is 15.4. The third-order valence-corrected chi connectivity index (χ3v) is 8.91. The number of H-pyrrole nitrogens is 1. The van der Waals surface area contributed by atoms with Crippen molar-refractivity contribution < 1.29 is 34.1 Å². The third-order valence-electron chi connectivity index (χ3n) is 8.91. The molecule has 2 aromatic heterocycles. The van der Waals surface area contributed by atoms with Crippen molar-refractivity contribution in [3.05, 3.63) is 71.5 Å². The maximum Gasteiger partial charge on any atom is 0.334 e. The topological polar surface area (TPSA) is 215 Å². The van der Waals surface area contributed by atoms with Gasteiger partial charge in [0.2, 0.25) is 11.8 Å². The number of aromatic nitrogens is 2. The van der Waals surface area contributed by atoms with E-state index in [0.29, 0.717) is 6.42 Å².